The Labute approximate surface area is 133 Å². The summed E-state index contributed by atoms with van der Waals surface area (Å²) < 4.78 is 0.765. The zero-order chi connectivity index (χ0) is 14.8. The molecule has 1 aliphatic rings. The second-order valence-electron chi connectivity index (χ2n) is 5.82. The lowest BCUT2D eigenvalue weighted by molar-refractivity contribution is -0.128. The third-order valence-corrected chi connectivity index (χ3v) is 6.16. The van der Waals surface area contributed by atoms with Gasteiger partial charge in [-0.05, 0) is 30.4 Å². The second-order valence-corrected chi connectivity index (χ2v) is 8.63. The summed E-state index contributed by atoms with van der Waals surface area (Å²) in [6.07, 6.45) is 1.82. The molecular weight excluding hydrogens is 314 g/mol. The van der Waals surface area contributed by atoms with E-state index in [-0.39, 0.29) is 23.3 Å². The number of halogens is 1. The molecule has 20 heavy (non-hydrogen) atoms. The van der Waals surface area contributed by atoms with E-state index >= 15 is 0 Å². The maximum atomic E-state index is 12.0. The predicted octanol–water partition coefficient (Wildman–Crippen LogP) is 3.77. The van der Waals surface area contributed by atoms with Gasteiger partial charge in [0.25, 0.3) is 0 Å². The van der Waals surface area contributed by atoms with Crippen LogP contribution in [0.25, 0.3) is 0 Å². The Morgan fingerprint density at radius 2 is 2.25 bits per heavy atom. The van der Waals surface area contributed by atoms with Crippen LogP contribution in [-0.2, 0) is 4.79 Å². The first-order valence-electron chi connectivity index (χ1n) is 6.70. The summed E-state index contributed by atoms with van der Waals surface area (Å²) in [4.78, 5) is 15.1. The van der Waals surface area contributed by atoms with Crippen molar-refractivity contribution in [1.29, 1.82) is 0 Å². The van der Waals surface area contributed by atoms with Gasteiger partial charge in [-0.2, -0.15) is 0 Å². The highest BCUT2D eigenvalue weighted by Crippen LogP contribution is 2.42. The molecule has 1 aromatic heterocycles. The van der Waals surface area contributed by atoms with Crippen molar-refractivity contribution in [1.82, 2.24) is 4.90 Å². The number of carbonyl (C=O) groups excluding carboxylic acids is 1. The lowest BCUT2D eigenvalue weighted by Crippen LogP contribution is -2.30. The van der Waals surface area contributed by atoms with Gasteiger partial charge in [-0.3, -0.25) is 4.79 Å². The number of hydrogen-bond donors (Lipinski definition) is 1. The highest BCUT2D eigenvalue weighted by molar-refractivity contribution is 8.00. The van der Waals surface area contributed by atoms with Crippen LogP contribution in [0.2, 0.25) is 4.34 Å². The van der Waals surface area contributed by atoms with E-state index in [2.05, 4.69) is 0 Å². The minimum Gasteiger partial charge on any atom is -0.396 e. The van der Waals surface area contributed by atoms with E-state index in [1.54, 1.807) is 23.1 Å². The van der Waals surface area contributed by atoms with Gasteiger partial charge in [0, 0.05) is 18.0 Å². The van der Waals surface area contributed by atoms with Crippen LogP contribution in [-0.4, -0.2) is 34.8 Å². The largest absolute Gasteiger partial charge is 0.396 e. The number of hydrogen-bond acceptors (Lipinski definition) is 4. The Kier molecular flexibility index (Phi) is 5.40. The van der Waals surface area contributed by atoms with Crippen LogP contribution in [0.1, 0.15) is 36.9 Å². The molecule has 112 valence electrons. The molecule has 0 bridgehead atoms. The Bertz CT molecular complexity index is 475. The fraction of sp³-hybridized carbons (Fsp3) is 0.643. The Hall–Kier alpha value is -0.230. The van der Waals surface area contributed by atoms with Crippen LogP contribution in [0.15, 0.2) is 12.1 Å². The Morgan fingerprint density at radius 3 is 2.85 bits per heavy atom. The van der Waals surface area contributed by atoms with Crippen molar-refractivity contribution in [2.24, 2.45) is 5.41 Å². The third-order valence-electron chi connectivity index (χ3n) is 3.49. The molecule has 1 fully saturated rings. The molecule has 0 spiro atoms. The molecule has 2 rings (SSSR count). The van der Waals surface area contributed by atoms with Gasteiger partial charge in [0.05, 0.1) is 10.1 Å². The van der Waals surface area contributed by atoms with Gasteiger partial charge >= 0.3 is 0 Å². The van der Waals surface area contributed by atoms with Gasteiger partial charge < -0.3 is 10.0 Å². The van der Waals surface area contributed by atoms with E-state index in [9.17, 15) is 9.90 Å². The lowest BCUT2D eigenvalue weighted by atomic mass is 9.89. The van der Waals surface area contributed by atoms with Gasteiger partial charge in [-0.15, -0.1) is 23.1 Å². The van der Waals surface area contributed by atoms with Gasteiger partial charge in [0.1, 0.15) is 5.37 Å². The molecule has 1 atom stereocenters. The van der Waals surface area contributed by atoms with E-state index in [0.717, 1.165) is 28.6 Å². The molecule has 1 aromatic rings. The monoisotopic (exact) mass is 333 g/mol. The molecule has 6 heteroatoms. The molecule has 1 saturated heterocycles. The molecule has 0 saturated carbocycles. The lowest BCUT2D eigenvalue weighted by Gasteiger charge is -2.26. The Balaban J connectivity index is 1.96. The molecule has 0 radical (unpaired) electrons. The maximum Gasteiger partial charge on any atom is 0.233 e. The number of thiophene rings is 1. The van der Waals surface area contributed by atoms with Gasteiger partial charge in [0.2, 0.25) is 5.91 Å². The summed E-state index contributed by atoms with van der Waals surface area (Å²) in [5, 5.41) is 9.38. The van der Waals surface area contributed by atoms with E-state index in [0.29, 0.717) is 5.75 Å². The number of thioether (sulfide) groups is 1. The number of amides is 1. The molecule has 1 unspecified atom stereocenters. The van der Waals surface area contributed by atoms with Gasteiger partial charge in [0.15, 0.2) is 0 Å². The smallest absolute Gasteiger partial charge is 0.233 e. The second kappa shape index (κ2) is 6.69. The molecule has 1 amide bonds. The average molecular weight is 334 g/mol. The Morgan fingerprint density at radius 1 is 1.50 bits per heavy atom. The number of nitrogens with zero attached hydrogens (tertiary/aromatic N) is 1. The average Bonchev–Trinajstić information content (AvgIpc) is 2.97. The normalized spacial score (nSPS) is 19.9. The number of carbonyl (C=O) groups is 1. The van der Waals surface area contributed by atoms with Crippen LogP contribution in [0.5, 0.6) is 0 Å². The first-order valence-corrected chi connectivity index (χ1v) is 8.94. The molecule has 1 N–H and O–H groups in total. The zero-order valence-electron chi connectivity index (χ0n) is 11.8. The highest BCUT2D eigenvalue weighted by Gasteiger charge is 2.33. The summed E-state index contributed by atoms with van der Waals surface area (Å²) >= 11 is 9.20. The number of aliphatic hydroxyl groups excluding tert-OH is 1. The van der Waals surface area contributed by atoms with E-state index in [1.807, 2.05) is 30.9 Å². The summed E-state index contributed by atoms with van der Waals surface area (Å²) in [6, 6.07) is 3.89. The molecule has 2 heterocycles. The molecule has 0 aliphatic carbocycles. The molecule has 1 aliphatic heterocycles. The summed E-state index contributed by atoms with van der Waals surface area (Å²) in [5.74, 6) is 0.746. The molecule has 0 aromatic carbocycles. The summed E-state index contributed by atoms with van der Waals surface area (Å²) in [6.45, 7) is 5.02. The van der Waals surface area contributed by atoms with E-state index in [1.165, 1.54) is 0 Å². The topological polar surface area (TPSA) is 40.5 Å². The van der Waals surface area contributed by atoms with Crippen molar-refractivity contribution in [3.63, 3.8) is 0 Å². The standard InChI is InChI=1S/C14H20ClNO2S2/c1-14(2,9-17)6-3-7-16-12(18)8-19-13(16)10-4-5-11(15)20-10/h4-5,13,17H,3,6-9H2,1-2H3. The van der Waals surface area contributed by atoms with Gasteiger partial charge in [-0.25, -0.2) is 0 Å². The third kappa shape index (κ3) is 3.91. The summed E-state index contributed by atoms with van der Waals surface area (Å²) in [7, 11) is 0. The predicted molar refractivity (Wildman–Crippen MR) is 86.3 cm³/mol. The minimum absolute atomic E-state index is 0.0718. The number of aliphatic hydroxyl groups is 1. The van der Waals surface area contributed by atoms with Crippen molar-refractivity contribution < 1.29 is 9.90 Å². The van der Waals surface area contributed by atoms with E-state index < -0.39 is 0 Å². The molecule has 3 nitrogen and oxygen atoms in total. The van der Waals surface area contributed by atoms with Crippen LogP contribution in [0.3, 0.4) is 0 Å². The van der Waals surface area contributed by atoms with Crippen molar-refractivity contribution in [2.45, 2.75) is 32.1 Å². The summed E-state index contributed by atoms with van der Waals surface area (Å²) in [5.41, 5.74) is -0.0718. The first kappa shape index (κ1) is 16.1. The number of rotatable bonds is 6. The van der Waals surface area contributed by atoms with Gasteiger partial charge in [-0.1, -0.05) is 25.4 Å². The fourth-order valence-electron chi connectivity index (χ4n) is 2.20. The van der Waals surface area contributed by atoms with Crippen LogP contribution >= 0.6 is 34.7 Å². The van der Waals surface area contributed by atoms with Crippen LogP contribution < -0.4 is 0 Å². The van der Waals surface area contributed by atoms with Crippen molar-refractivity contribution >= 4 is 40.6 Å². The van der Waals surface area contributed by atoms with Crippen LogP contribution in [0, 0.1) is 5.41 Å². The quantitative estimate of drug-likeness (QED) is 0.861. The zero-order valence-corrected chi connectivity index (χ0v) is 14.2. The molecular formula is C14H20ClNO2S2. The highest BCUT2D eigenvalue weighted by atomic mass is 35.5. The van der Waals surface area contributed by atoms with Crippen molar-refractivity contribution in [3.8, 4) is 0 Å². The van der Waals surface area contributed by atoms with Crippen molar-refractivity contribution in [2.75, 3.05) is 18.9 Å². The maximum absolute atomic E-state index is 12.0. The first-order chi connectivity index (χ1) is 9.43. The fourth-order valence-corrected chi connectivity index (χ4v) is 4.72. The van der Waals surface area contributed by atoms with Crippen molar-refractivity contribution in [3.05, 3.63) is 21.3 Å². The van der Waals surface area contributed by atoms with E-state index in [4.69, 9.17) is 11.6 Å². The SMILES string of the molecule is CC(C)(CO)CCCN1C(=O)CSC1c1ccc(Cl)s1. The van der Waals surface area contributed by atoms with Crippen LogP contribution in [0.4, 0.5) is 0 Å². The minimum atomic E-state index is -0.0718.